The maximum atomic E-state index is 12.5. The van der Waals surface area contributed by atoms with Crippen LogP contribution in [0.2, 0.25) is 0 Å². The molecular weight excluding hydrogens is 620 g/mol. The number of unbranched alkanes of at least 4 members (excludes halogenated alkanes) is 9. The first-order chi connectivity index (χ1) is 23.0. The summed E-state index contributed by atoms with van der Waals surface area (Å²) in [6, 6.07) is 8.65. The molecule has 0 radical (unpaired) electrons. The molecule has 0 saturated heterocycles. The Balaban J connectivity index is 1.00. The fourth-order valence-electron chi connectivity index (χ4n) is 5.42. The maximum Gasteiger partial charge on any atom is 0.338 e. The van der Waals surface area contributed by atoms with Gasteiger partial charge >= 0.3 is 11.9 Å². The largest absolute Gasteiger partial charge is 0.462 e. The zero-order valence-electron chi connectivity index (χ0n) is 28.1. The van der Waals surface area contributed by atoms with Crippen molar-refractivity contribution in [2.75, 3.05) is 13.2 Å². The van der Waals surface area contributed by atoms with Gasteiger partial charge in [-0.3, -0.25) is 28.9 Å². The number of nitrogens with zero attached hydrogens (tertiary/aromatic N) is 2. The molecule has 0 fully saturated rings. The second-order valence-corrected chi connectivity index (χ2v) is 12.4. The van der Waals surface area contributed by atoms with Gasteiger partial charge in [-0.15, -0.1) is 10.1 Å². The molecule has 0 atom stereocenters. The van der Waals surface area contributed by atoms with Gasteiger partial charge in [0, 0.05) is 0 Å². The predicted molar refractivity (Wildman–Crippen MR) is 173 cm³/mol. The number of carbonyl (C=O) groups is 6. The van der Waals surface area contributed by atoms with E-state index in [-0.39, 0.29) is 58.8 Å². The van der Waals surface area contributed by atoms with E-state index in [0.717, 1.165) is 74.3 Å². The molecule has 0 aromatic heterocycles. The van der Waals surface area contributed by atoms with Crippen LogP contribution < -0.4 is 0 Å². The third kappa shape index (κ3) is 9.13. The summed E-state index contributed by atoms with van der Waals surface area (Å²) in [6.07, 6.45) is 9.19. The molecule has 2 aliphatic rings. The molecular formula is C36H44N2O10. The molecule has 0 spiro atoms. The van der Waals surface area contributed by atoms with Crippen LogP contribution >= 0.6 is 0 Å². The number of carbonyl (C=O) groups excluding carboxylic acids is 6. The van der Waals surface area contributed by atoms with Gasteiger partial charge < -0.3 is 9.47 Å². The summed E-state index contributed by atoms with van der Waals surface area (Å²) in [7, 11) is 0. The summed E-state index contributed by atoms with van der Waals surface area (Å²) in [5.74, 6) is -3.31. The predicted octanol–water partition coefficient (Wildman–Crippen LogP) is 6.47. The second kappa shape index (κ2) is 17.1. The summed E-state index contributed by atoms with van der Waals surface area (Å²) < 4.78 is 10.7. The number of fused-ring (bicyclic) bond motifs is 2. The minimum Gasteiger partial charge on any atom is -0.462 e. The molecule has 2 aromatic rings. The Hall–Kier alpha value is -4.42. The SMILES string of the molecule is CC(C)ON1C(=O)c2ccc(C(=O)OCCCCCCCCCCCCOC(=O)c3ccc4c(c3)C(=O)N(OC(C)C)C4=O)cc2C1=O. The quantitative estimate of drug-likeness (QED) is 0.0930. The van der Waals surface area contributed by atoms with Crippen molar-refractivity contribution in [1.82, 2.24) is 10.1 Å². The van der Waals surface area contributed by atoms with Gasteiger partial charge in [0.2, 0.25) is 0 Å². The molecule has 0 N–H and O–H groups in total. The van der Waals surface area contributed by atoms with Crippen molar-refractivity contribution >= 4 is 35.6 Å². The van der Waals surface area contributed by atoms with Gasteiger partial charge in [0.1, 0.15) is 0 Å². The molecule has 4 amide bonds. The highest BCUT2D eigenvalue weighted by Gasteiger charge is 2.39. The number of esters is 2. The minimum absolute atomic E-state index is 0.134. The summed E-state index contributed by atoms with van der Waals surface area (Å²) >= 11 is 0. The molecule has 258 valence electrons. The van der Waals surface area contributed by atoms with Gasteiger partial charge in [0.25, 0.3) is 23.6 Å². The van der Waals surface area contributed by atoms with Crippen molar-refractivity contribution < 1.29 is 47.9 Å². The Labute approximate surface area is 280 Å². The van der Waals surface area contributed by atoms with Gasteiger partial charge in [0.05, 0.1) is 58.8 Å². The van der Waals surface area contributed by atoms with E-state index in [4.69, 9.17) is 19.1 Å². The number of hydrogen-bond donors (Lipinski definition) is 0. The van der Waals surface area contributed by atoms with Crippen molar-refractivity contribution in [2.45, 2.75) is 104 Å². The van der Waals surface area contributed by atoms with Crippen LogP contribution in [0.5, 0.6) is 0 Å². The Kier molecular flexibility index (Phi) is 13.0. The van der Waals surface area contributed by atoms with E-state index in [0.29, 0.717) is 0 Å². The van der Waals surface area contributed by atoms with Crippen LogP contribution in [-0.2, 0) is 19.1 Å². The average molecular weight is 665 g/mol. The Morgan fingerprint density at radius 2 is 0.812 bits per heavy atom. The zero-order chi connectivity index (χ0) is 34.8. The highest BCUT2D eigenvalue weighted by atomic mass is 16.7. The molecule has 0 bridgehead atoms. The lowest BCUT2D eigenvalue weighted by Crippen LogP contribution is -2.32. The first-order valence-electron chi connectivity index (χ1n) is 16.7. The summed E-state index contributed by atoms with van der Waals surface area (Å²) in [4.78, 5) is 85.4. The lowest BCUT2D eigenvalue weighted by molar-refractivity contribution is -0.120. The van der Waals surface area contributed by atoms with Gasteiger partial charge in [-0.05, 0) is 76.9 Å². The first kappa shape index (κ1) is 36.4. The number of hydroxylamine groups is 4. The molecule has 2 aromatic carbocycles. The number of imide groups is 2. The van der Waals surface area contributed by atoms with Crippen LogP contribution in [0, 0.1) is 0 Å². The van der Waals surface area contributed by atoms with Gasteiger partial charge in [0.15, 0.2) is 0 Å². The summed E-state index contributed by atoms with van der Waals surface area (Å²) in [5.41, 5.74) is 1.12. The Morgan fingerprint density at radius 3 is 1.15 bits per heavy atom. The topological polar surface area (TPSA) is 146 Å². The monoisotopic (exact) mass is 664 g/mol. The maximum absolute atomic E-state index is 12.5. The van der Waals surface area contributed by atoms with Crippen molar-refractivity contribution in [3.63, 3.8) is 0 Å². The van der Waals surface area contributed by atoms with E-state index in [9.17, 15) is 28.8 Å². The lowest BCUT2D eigenvalue weighted by atomic mass is 10.1. The fraction of sp³-hybridized carbons (Fsp3) is 0.500. The summed E-state index contributed by atoms with van der Waals surface area (Å²) in [6.45, 7) is 7.43. The molecule has 12 nitrogen and oxygen atoms in total. The van der Waals surface area contributed by atoms with Crippen LogP contribution in [0.15, 0.2) is 36.4 Å². The van der Waals surface area contributed by atoms with Crippen molar-refractivity contribution in [2.24, 2.45) is 0 Å². The van der Waals surface area contributed by atoms with Crippen molar-refractivity contribution in [3.8, 4) is 0 Å². The normalized spacial score (nSPS) is 14.0. The molecule has 4 rings (SSSR count). The fourth-order valence-corrected chi connectivity index (χ4v) is 5.42. The van der Waals surface area contributed by atoms with Gasteiger partial charge in [-0.1, -0.05) is 51.4 Å². The number of hydrogen-bond acceptors (Lipinski definition) is 10. The first-order valence-corrected chi connectivity index (χ1v) is 16.7. The third-order valence-corrected chi connectivity index (χ3v) is 7.81. The number of ether oxygens (including phenoxy) is 2. The van der Waals surface area contributed by atoms with E-state index < -0.39 is 35.6 Å². The Morgan fingerprint density at radius 1 is 0.500 bits per heavy atom. The van der Waals surface area contributed by atoms with Crippen LogP contribution in [0.1, 0.15) is 154 Å². The third-order valence-electron chi connectivity index (χ3n) is 7.81. The molecule has 12 heteroatoms. The van der Waals surface area contributed by atoms with E-state index in [1.54, 1.807) is 27.7 Å². The Bertz CT molecular complexity index is 1420. The average Bonchev–Trinajstić information content (AvgIpc) is 3.43. The molecule has 0 saturated carbocycles. The van der Waals surface area contributed by atoms with Crippen LogP contribution in [-0.4, -0.2) is 71.1 Å². The minimum atomic E-state index is -0.586. The summed E-state index contributed by atoms with van der Waals surface area (Å²) in [5, 5.41) is 1.47. The highest BCUT2D eigenvalue weighted by Crippen LogP contribution is 2.27. The standard InChI is InChI=1S/C36H44N2O10/c1-23(2)47-37-31(39)27-17-15-25(21-29(27)33(37)41)35(43)45-19-13-11-9-7-5-6-8-10-12-14-20-46-36(44)26-16-18-28-30(22-26)34(42)38(32(28)40)48-24(3)4/h15-18,21-24H,5-14,19-20H2,1-4H3. The number of benzene rings is 2. The number of rotatable bonds is 19. The second-order valence-electron chi connectivity index (χ2n) is 12.4. The molecule has 0 aliphatic carbocycles. The lowest BCUT2D eigenvalue weighted by Gasteiger charge is -2.15. The van der Waals surface area contributed by atoms with E-state index >= 15 is 0 Å². The molecule has 48 heavy (non-hydrogen) atoms. The number of amides is 4. The van der Waals surface area contributed by atoms with E-state index in [1.165, 1.54) is 36.4 Å². The smallest absolute Gasteiger partial charge is 0.338 e. The molecule has 2 heterocycles. The van der Waals surface area contributed by atoms with Crippen molar-refractivity contribution in [3.05, 3.63) is 69.8 Å². The van der Waals surface area contributed by atoms with Crippen LogP contribution in [0.25, 0.3) is 0 Å². The van der Waals surface area contributed by atoms with Crippen LogP contribution in [0.4, 0.5) is 0 Å². The van der Waals surface area contributed by atoms with Crippen LogP contribution in [0.3, 0.4) is 0 Å². The van der Waals surface area contributed by atoms with Crippen molar-refractivity contribution in [1.29, 1.82) is 0 Å². The zero-order valence-corrected chi connectivity index (χ0v) is 28.1. The molecule has 0 unspecified atom stereocenters. The molecule has 2 aliphatic heterocycles. The van der Waals surface area contributed by atoms with Gasteiger partial charge in [-0.25, -0.2) is 9.59 Å². The van der Waals surface area contributed by atoms with Gasteiger partial charge in [-0.2, -0.15) is 0 Å². The van der Waals surface area contributed by atoms with E-state index in [1.807, 2.05) is 0 Å². The highest BCUT2D eigenvalue weighted by molar-refractivity contribution is 6.22. The van der Waals surface area contributed by atoms with E-state index in [2.05, 4.69) is 0 Å².